The number of benzene rings is 1. The Balaban J connectivity index is 2.02. The Morgan fingerprint density at radius 1 is 1.29 bits per heavy atom. The van der Waals surface area contributed by atoms with Gasteiger partial charge in [-0.1, -0.05) is 31.2 Å². The van der Waals surface area contributed by atoms with Crippen LogP contribution >= 0.6 is 11.6 Å². The molecule has 1 aliphatic rings. The van der Waals surface area contributed by atoms with Crippen LogP contribution in [-0.4, -0.2) is 42.6 Å². The fourth-order valence-corrected chi connectivity index (χ4v) is 3.26. The Morgan fingerprint density at radius 3 is 2.86 bits per heavy atom. The summed E-state index contributed by atoms with van der Waals surface area (Å²) in [6.45, 7) is 5.40. The van der Waals surface area contributed by atoms with Crippen LogP contribution in [0.25, 0.3) is 10.8 Å². The first kappa shape index (κ1) is 14.6. The molecule has 0 radical (unpaired) electrons. The van der Waals surface area contributed by atoms with Gasteiger partial charge in [0, 0.05) is 31.1 Å². The van der Waals surface area contributed by atoms with Gasteiger partial charge in [0.05, 0.1) is 11.6 Å². The predicted molar refractivity (Wildman–Crippen MR) is 90.2 cm³/mol. The van der Waals surface area contributed by atoms with Crippen molar-refractivity contribution in [3.05, 3.63) is 36.0 Å². The van der Waals surface area contributed by atoms with Gasteiger partial charge in [0.25, 0.3) is 0 Å². The van der Waals surface area contributed by atoms with Crippen LogP contribution in [0.15, 0.2) is 30.3 Å². The molecule has 2 heterocycles. The molecule has 112 valence electrons. The average molecular weight is 304 g/mol. The Hall–Kier alpha value is -1.32. The molecule has 21 heavy (non-hydrogen) atoms. The molecule has 0 saturated carbocycles. The van der Waals surface area contributed by atoms with E-state index in [-0.39, 0.29) is 0 Å². The fraction of sp³-hybridized carbons (Fsp3) is 0.471. The van der Waals surface area contributed by atoms with Crippen LogP contribution in [0.3, 0.4) is 0 Å². The van der Waals surface area contributed by atoms with Gasteiger partial charge in [-0.3, -0.25) is 4.90 Å². The number of piperazine rings is 1. The Bertz CT molecular complexity index is 628. The molecule has 0 bridgehead atoms. The molecule has 0 amide bonds. The second kappa shape index (κ2) is 6.20. The number of pyridine rings is 1. The van der Waals surface area contributed by atoms with E-state index in [0.717, 1.165) is 31.1 Å². The molecule has 4 heteroatoms. The second-order valence-electron chi connectivity index (χ2n) is 5.78. The zero-order valence-electron chi connectivity index (χ0n) is 12.7. The first-order valence-electron chi connectivity index (χ1n) is 7.62. The summed E-state index contributed by atoms with van der Waals surface area (Å²) in [6, 6.07) is 11.2. The molecule has 0 spiro atoms. The summed E-state index contributed by atoms with van der Waals surface area (Å²) in [7, 11) is 2.21. The molecule has 0 N–H and O–H groups in total. The molecular formula is C17H22ClN3. The van der Waals surface area contributed by atoms with Crippen molar-refractivity contribution in [2.45, 2.75) is 25.3 Å². The van der Waals surface area contributed by atoms with Crippen LogP contribution in [0.2, 0.25) is 0 Å². The molecular weight excluding hydrogens is 282 g/mol. The molecule has 0 aliphatic carbocycles. The molecule has 1 aromatic carbocycles. The number of hydrogen-bond acceptors (Lipinski definition) is 3. The summed E-state index contributed by atoms with van der Waals surface area (Å²) in [6.07, 6.45) is 1.17. The van der Waals surface area contributed by atoms with Crippen molar-refractivity contribution in [2.75, 3.05) is 31.6 Å². The van der Waals surface area contributed by atoms with Crippen molar-refractivity contribution in [1.29, 1.82) is 0 Å². The molecule has 3 rings (SSSR count). The summed E-state index contributed by atoms with van der Waals surface area (Å²) in [5.41, 5.74) is 0.956. The number of hydrogen-bond donors (Lipinski definition) is 0. The van der Waals surface area contributed by atoms with Gasteiger partial charge in [0.1, 0.15) is 5.82 Å². The topological polar surface area (TPSA) is 19.4 Å². The first-order valence-corrected chi connectivity index (χ1v) is 8.16. The zero-order valence-corrected chi connectivity index (χ0v) is 13.5. The van der Waals surface area contributed by atoms with Crippen LogP contribution in [0.4, 0.5) is 5.82 Å². The molecule has 1 saturated heterocycles. The van der Waals surface area contributed by atoms with Crippen molar-refractivity contribution in [2.24, 2.45) is 0 Å². The number of halogens is 1. The lowest BCUT2D eigenvalue weighted by atomic mass is 10.1. The largest absolute Gasteiger partial charge is 0.353 e. The summed E-state index contributed by atoms with van der Waals surface area (Å²) < 4.78 is 0. The van der Waals surface area contributed by atoms with Gasteiger partial charge >= 0.3 is 0 Å². The monoisotopic (exact) mass is 303 g/mol. The fourth-order valence-electron chi connectivity index (χ4n) is 3.12. The highest BCUT2D eigenvalue weighted by Crippen LogP contribution is 2.28. The van der Waals surface area contributed by atoms with Crippen molar-refractivity contribution < 1.29 is 0 Å². The Kier molecular flexibility index (Phi) is 4.32. The molecule has 1 atom stereocenters. The van der Waals surface area contributed by atoms with Gasteiger partial charge in [0.2, 0.25) is 0 Å². The minimum Gasteiger partial charge on any atom is -0.353 e. The van der Waals surface area contributed by atoms with E-state index in [4.69, 9.17) is 16.6 Å². The quantitative estimate of drug-likeness (QED) is 0.809. The van der Waals surface area contributed by atoms with Gasteiger partial charge in [-0.25, -0.2) is 4.98 Å². The van der Waals surface area contributed by atoms with Gasteiger partial charge < -0.3 is 4.90 Å². The van der Waals surface area contributed by atoms with Crippen LogP contribution in [0, 0.1) is 0 Å². The number of alkyl halides is 1. The number of likely N-dealkylation sites (N-methyl/N-ethyl adjacent to an activating group) is 1. The van der Waals surface area contributed by atoms with Crippen molar-refractivity contribution in [1.82, 2.24) is 9.88 Å². The van der Waals surface area contributed by atoms with Gasteiger partial charge in [-0.05, 0) is 24.9 Å². The SMILES string of the molecule is CCC1CN(c2nc(CCl)cc3ccccc23)CCN1C. The van der Waals surface area contributed by atoms with E-state index in [1.165, 1.54) is 17.2 Å². The van der Waals surface area contributed by atoms with E-state index in [1.807, 2.05) is 0 Å². The van der Waals surface area contributed by atoms with Crippen molar-refractivity contribution in [3.63, 3.8) is 0 Å². The smallest absolute Gasteiger partial charge is 0.136 e. The van der Waals surface area contributed by atoms with E-state index < -0.39 is 0 Å². The lowest BCUT2D eigenvalue weighted by molar-refractivity contribution is 0.213. The lowest BCUT2D eigenvalue weighted by Gasteiger charge is -2.40. The third-order valence-electron chi connectivity index (χ3n) is 4.46. The van der Waals surface area contributed by atoms with Crippen LogP contribution in [0.5, 0.6) is 0 Å². The van der Waals surface area contributed by atoms with Gasteiger partial charge in [-0.15, -0.1) is 11.6 Å². The number of nitrogens with zero attached hydrogens (tertiary/aromatic N) is 3. The molecule has 3 nitrogen and oxygen atoms in total. The maximum Gasteiger partial charge on any atom is 0.136 e. The minimum absolute atomic E-state index is 0.461. The maximum absolute atomic E-state index is 6.03. The number of rotatable bonds is 3. The van der Waals surface area contributed by atoms with E-state index in [1.54, 1.807) is 0 Å². The highest BCUT2D eigenvalue weighted by atomic mass is 35.5. The Morgan fingerprint density at radius 2 is 2.10 bits per heavy atom. The first-order chi connectivity index (χ1) is 10.2. The third kappa shape index (κ3) is 2.85. The van der Waals surface area contributed by atoms with Crippen LogP contribution in [0.1, 0.15) is 19.0 Å². The second-order valence-corrected chi connectivity index (χ2v) is 6.05. The lowest BCUT2D eigenvalue weighted by Crippen LogP contribution is -2.51. The van der Waals surface area contributed by atoms with E-state index >= 15 is 0 Å². The van der Waals surface area contributed by atoms with Crippen molar-refractivity contribution >= 4 is 28.2 Å². The molecule has 1 unspecified atom stereocenters. The van der Waals surface area contributed by atoms with Crippen LogP contribution in [-0.2, 0) is 5.88 Å². The summed E-state index contributed by atoms with van der Waals surface area (Å²) in [5.74, 6) is 1.55. The number of anilines is 1. The summed E-state index contributed by atoms with van der Waals surface area (Å²) in [4.78, 5) is 9.68. The maximum atomic E-state index is 6.03. The zero-order chi connectivity index (χ0) is 14.8. The van der Waals surface area contributed by atoms with E-state index in [9.17, 15) is 0 Å². The van der Waals surface area contributed by atoms with Crippen molar-refractivity contribution in [3.8, 4) is 0 Å². The standard InChI is InChI=1S/C17H22ClN3/c1-3-15-12-21(9-8-20(15)2)17-16-7-5-4-6-13(16)10-14(11-18)19-17/h4-7,10,15H,3,8-9,11-12H2,1-2H3. The normalized spacial score (nSPS) is 20.1. The Labute approximate surface area is 131 Å². The summed E-state index contributed by atoms with van der Waals surface area (Å²) >= 11 is 6.03. The molecule has 1 aliphatic heterocycles. The minimum atomic E-state index is 0.461. The van der Waals surface area contributed by atoms with E-state index in [2.05, 4.69) is 54.1 Å². The highest BCUT2D eigenvalue weighted by Gasteiger charge is 2.25. The summed E-state index contributed by atoms with van der Waals surface area (Å²) in [5, 5.41) is 2.45. The number of fused-ring (bicyclic) bond motifs is 1. The van der Waals surface area contributed by atoms with Gasteiger partial charge in [0.15, 0.2) is 0 Å². The predicted octanol–water partition coefficient (Wildman–Crippen LogP) is 3.50. The highest BCUT2D eigenvalue weighted by molar-refractivity contribution is 6.17. The third-order valence-corrected chi connectivity index (χ3v) is 4.73. The van der Waals surface area contributed by atoms with Gasteiger partial charge in [-0.2, -0.15) is 0 Å². The molecule has 1 aromatic heterocycles. The van der Waals surface area contributed by atoms with E-state index in [0.29, 0.717) is 11.9 Å². The molecule has 2 aromatic rings. The molecule has 1 fully saturated rings. The van der Waals surface area contributed by atoms with Crippen LogP contribution < -0.4 is 4.90 Å². The number of aromatic nitrogens is 1. The average Bonchev–Trinajstić information content (AvgIpc) is 2.54.